The number of thiazole rings is 1. The maximum Gasteiger partial charge on any atom is 0.305 e. The van der Waals surface area contributed by atoms with Gasteiger partial charge in [-0.25, -0.2) is 0 Å². The van der Waals surface area contributed by atoms with Crippen LogP contribution >= 0.6 is 11.3 Å². The van der Waals surface area contributed by atoms with Crippen molar-refractivity contribution in [2.75, 3.05) is 32.8 Å². The number of aryl methyl sites for hydroxylation is 1. The summed E-state index contributed by atoms with van der Waals surface area (Å²) in [4.78, 5) is 28.3. The quantitative estimate of drug-likeness (QED) is 0.725. The first-order chi connectivity index (χ1) is 8.60. The van der Waals surface area contributed by atoms with Crippen molar-refractivity contribution in [1.29, 1.82) is 0 Å². The van der Waals surface area contributed by atoms with Gasteiger partial charge in [0.2, 0.25) is 0 Å². The van der Waals surface area contributed by atoms with Gasteiger partial charge in [-0.1, -0.05) is 11.3 Å². The second-order valence-electron chi connectivity index (χ2n) is 4.82. The van der Waals surface area contributed by atoms with E-state index >= 15 is 0 Å². The molecule has 3 rings (SSSR count). The Kier molecular flexibility index (Phi) is 2.76. The van der Waals surface area contributed by atoms with E-state index in [9.17, 15) is 9.59 Å². The molecule has 2 aliphatic rings. The number of amides is 1. The lowest BCUT2D eigenvalue weighted by molar-refractivity contribution is -0.142. The number of hydrogen-bond acceptors (Lipinski definition) is 5. The largest absolute Gasteiger partial charge is 0.369 e. The molecule has 0 aromatic carbocycles. The van der Waals surface area contributed by atoms with Crippen molar-refractivity contribution < 1.29 is 9.53 Å². The number of carbonyl (C=O) groups is 1. The van der Waals surface area contributed by atoms with E-state index < -0.39 is 0 Å². The van der Waals surface area contributed by atoms with Gasteiger partial charge in [0.25, 0.3) is 5.91 Å². The van der Waals surface area contributed by atoms with Crippen LogP contribution in [0, 0.1) is 6.92 Å². The lowest BCUT2D eigenvalue weighted by atomic mass is 9.92. The molecular formula is C11H15N3O3S. The van der Waals surface area contributed by atoms with Gasteiger partial charge in [0.1, 0.15) is 11.3 Å². The van der Waals surface area contributed by atoms with Gasteiger partial charge in [-0.15, -0.1) is 0 Å². The summed E-state index contributed by atoms with van der Waals surface area (Å²) in [7, 11) is 0. The van der Waals surface area contributed by atoms with E-state index in [4.69, 9.17) is 4.74 Å². The fraction of sp³-hybridized carbons (Fsp3) is 0.636. The molecule has 1 aromatic rings. The van der Waals surface area contributed by atoms with E-state index in [1.54, 1.807) is 11.8 Å². The van der Waals surface area contributed by atoms with Crippen molar-refractivity contribution >= 4 is 17.2 Å². The Balaban J connectivity index is 1.69. The van der Waals surface area contributed by atoms with Crippen molar-refractivity contribution in [3.05, 3.63) is 20.2 Å². The minimum atomic E-state index is -0.210. The summed E-state index contributed by atoms with van der Waals surface area (Å²) in [6.45, 7) is 5.31. The van der Waals surface area contributed by atoms with Gasteiger partial charge in [0.05, 0.1) is 19.7 Å². The Morgan fingerprint density at radius 1 is 1.50 bits per heavy atom. The van der Waals surface area contributed by atoms with Crippen LogP contribution in [0.5, 0.6) is 0 Å². The third kappa shape index (κ3) is 1.88. The molecule has 2 fully saturated rings. The highest BCUT2D eigenvalue weighted by Gasteiger charge is 2.47. The van der Waals surface area contributed by atoms with Crippen LogP contribution in [0.3, 0.4) is 0 Å². The first-order valence-corrected chi connectivity index (χ1v) is 6.75. The van der Waals surface area contributed by atoms with Crippen LogP contribution in [-0.4, -0.2) is 54.2 Å². The van der Waals surface area contributed by atoms with Gasteiger partial charge in [-0.05, 0) is 6.92 Å². The van der Waals surface area contributed by atoms with Crippen LogP contribution in [0.4, 0.5) is 0 Å². The predicted octanol–water partition coefficient (Wildman–Crippen LogP) is -0.441. The topological polar surface area (TPSA) is 74.4 Å². The van der Waals surface area contributed by atoms with Crippen LogP contribution in [0.15, 0.2) is 4.79 Å². The Morgan fingerprint density at radius 3 is 2.83 bits per heavy atom. The van der Waals surface area contributed by atoms with E-state index in [0.717, 1.165) is 29.3 Å². The zero-order valence-electron chi connectivity index (χ0n) is 10.1. The van der Waals surface area contributed by atoms with Crippen molar-refractivity contribution in [3.8, 4) is 0 Å². The molecule has 0 aliphatic carbocycles. The second kappa shape index (κ2) is 4.18. The molecule has 0 saturated carbocycles. The highest BCUT2D eigenvalue weighted by Crippen LogP contribution is 2.28. The number of ether oxygens (including phenoxy) is 1. The van der Waals surface area contributed by atoms with Crippen molar-refractivity contribution in [3.63, 3.8) is 0 Å². The van der Waals surface area contributed by atoms with Crippen molar-refractivity contribution in [1.82, 2.24) is 15.2 Å². The Bertz CT molecular complexity index is 522. The normalized spacial score (nSPS) is 21.9. The summed E-state index contributed by atoms with van der Waals surface area (Å²) < 4.78 is 5.73. The minimum absolute atomic E-state index is 0.106. The van der Waals surface area contributed by atoms with E-state index in [2.05, 4.69) is 10.3 Å². The molecule has 0 unspecified atom stereocenters. The lowest BCUT2D eigenvalue weighted by Crippen LogP contribution is -2.70. The van der Waals surface area contributed by atoms with Crippen LogP contribution in [-0.2, 0) is 4.74 Å². The second-order valence-corrected chi connectivity index (χ2v) is 6.00. The molecule has 2 saturated heterocycles. The molecule has 1 aromatic heterocycles. The molecule has 18 heavy (non-hydrogen) atoms. The summed E-state index contributed by atoms with van der Waals surface area (Å²) in [6.07, 6.45) is 0. The Labute approximate surface area is 108 Å². The highest BCUT2D eigenvalue weighted by atomic mass is 32.1. The smallest absolute Gasteiger partial charge is 0.305 e. The monoisotopic (exact) mass is 269 g/mol. The maximum absolute atomic E-state index is 12.2. The van der Waals surface area contributed by atoms with Crippen LogP contribution in [0.1, 0.15) is 15.4 Å². The molecule has 7 heteroatoms. The summed E-state index contributed by atoms with van der Waals surface area (Å²) in [6, 6.07) is 0. The summed E-state index contributed by atoms with van der Waals surface area (Å²) in [5.74, 6) is -0.106. The van der Waals surface area contributed by atoms with E-state index in [1.807, 2.05) is 0 Å². The van der Waals surface area contributed by atoms with Crippen molar-refractivity contribution in [2.24, 2.45) is 0 Å². The zero-order chi connectivity index (χ0) is 12.8. The average Bonchev–Trinajstić information content (AvgIpc) is 2.65. The number of morpholine rings is 1. The highest BCUT2D eigenvalue weighted by molar-refractivity contribution is 7.09. The van der Waals surface area contributed by atoms with Gasteiger partial charge in [-0.2, -0.15) is 0 Å². The number of rotatable bonds is 1. The summed E-state index contributed by atoms with van der Waals surface area (Å²) in [5.41, 5.74) is 0.210. The Morgan fingerprint density at radius 2 is 2.28 bits per heavy atom. The number of hydrogen-bond donors (Lipinski definition) is 2. The molecular weight excluding hydrogens is 254 g/mol. The van der Waals surface area contributed by atoms with E-state index in [-0.39, 0.29) is 16.4 Å². The Hall–Kier alpha value is -1.18. The maximum atomic E-state index is 12.2. The van der Waals surface area contributed by atoms with Crippen LogP contribution in [0.2, 0.25) is 0 Å². The number of aromatic nitrogens is 1. The molecule has 98 valence electrons. The number of likely N-dealkylation sites (tertiary alicyclic amines) is 1. The fourth-order valence-corrected chi connectivity index (χ4v) is 3.14. The number of H-pyrrole nitrogens is 1. The van der Waals surface area contributed by atoms with Gasteiger partial charge in [0, 0.05) is 18.0 Å². The summed E-state index contributed by atoms with van der Waals surface area (Å²) in [5, 5.41) is 3.27. The van der Waals surface area contributed by atoms with Gasteiger partial charge in [-0.3, -0.25) is 9.59 Å². The van der Waals surface area contributed by atoms with Crippen molar-refractivity contribution in [2.45, 2.75) is 12.5 Å². The van der Waals surface area contributed by atoms with E-state index in [0.29, 0.717) is 25.4 Å². The molecule has 0 radical (unpaired) electrons. The standard InChI is InChI=1S/C11H15N3O3S/c1-7-8(13-10(16)18-7)9(15)14-5-11(6-14)4-12-2-3-17-11/h12H,2-6H2,1H3,(H,13,16). The number of aromatic amines is 1. The average molecular weight is 269 g/mol. The van der Waals surface area contributed by atoms with Gasteiger partial charge >= 0.3 is 4.87 Å². The molecule has 2 aliphatic heterocycles. The van der Waals surface area contributed by atoms with Crippen LogP contribution in [0.25, 0.3) is 0 Å². The SMILES string of the molecule is Cc1sc(=O)[nH]c1C(=O)N1CC2(CNCCO2)C1. The fourth-order valence-electron chi connectivity index (χ4n) is 2.47. The minimum Gasteiger partial charge on any atom is -0.369 e. The number of nitrogens with zero attached hydrogens (tertiary/aromatic N) is 1. The molecule has 3 heterocycles. The summed E-state index contributed by atoms with van der Waals surface area (Å²) >= 11 is 1.07. The molecule has 0 bridgehead atoms. The predicted molar refractivity (Wildman–Crippen MR) is 67.1 cm³/mol. The third-order valence-corrected chi connectivity index (χ3v) is 4.22. The lowest BCUT2D eigenvalue weighted by Gasteiger charge is -2.51. The zero-order valence-corrected chi connectivity index (χ0v) is 10.9. The van der Waals surface area contributed by atoms with Gasteiger partial charge in [0.15, 0.2) is 0 Å². The third-order valence-electron chi connectivity index (χ3n) is 3.42. The molecule has 2 N–H and O–H groups in total. The number of nitrogens with one attached hydrogen (secondary N) is 2. The van der Waals surface area contributed by atoms with Gasteiger partial charge < -0.3 is 19.9 Å². The van der Waals surface area contributed by atoms with Crippen LogP contribution < -0.4 is 10.2 Å². The molecule has 1 amide bonds. The molecule has 0 atom stereocenters. The molecule has 6 nitrogen and oxygen atoms in total. The first-order valence-electron chi connectivity index (χ1n) is 5.93. The molecule has 1 spiro atoms. The first kappa shape index (κ1) is 11.9. The van der Waals surface area contributed by atoms with E-state index in [1.165, 1.54) is 0 Å². The number of carbonyl (C=O) groups excluding carboxylic acids is 1.